The Bertz CT molecular complexity index is 364. The van der Waals surface area contributed by atoms with Crippen molar-refractivity contribution >= 4 is 17.9 Å². The number of carbonyl (C=O) groups is 1. The molecule has 0 fully saturated rings. The molecule has 2 nitrogen and oxygen atoms in total. The van der Waals surface area contributed by atoms with Gasteiger partial charge in [-0.2, -0.15) is 0 Å². The van der Waals surface area contributed by atoms with Gasteiger partial charge in [0.15, 0.2) is 6.29 Å². The van der Waals surface area contributed by atoms with Crippen molar-refractivity contribution in [2.75, 3.05) is 6.61 Å². The second-order valence-corrected chi connectivity index (χ2v) is 4.85. The van der Waals surface area contributed by atoms with Crippen LogP contribution < -0.4 is 4.74 Å². The van der Waals surface area contributed by atoms with Crippen LogP contribution in [-0.4, -0.2) is 12.9 Å². The normalized spacial score (nSPS) is 10.3. The van der Waals surface area contributed by atoms with Crippen molar-refractivity contribution < 1.29 is 9.53 Å². The highest BCUT2D eigenvalue weighted by atomic mass is 35.5. The average Bonchev–Trinajstić information content (AvgIpc) is 2.38. The van der Waals surface area contributed by atoms with E-state index in [1.807, 2.05) is 0 Å². The fourth-order valence-corrected chi connectivity index (χ4v) is 1.96. The van der Waals surface area contributed by atoms with Crippen LogP contribution in [0.15, 0.2) is 18.2 Å². The summed E-state index contributed by atoms with van der Waals surface area (Å²) in [5, 5.41) is 0.596. The minimum atomic E-state index is 0.561. The standard InChI is InChI=1S/C15H21ClO2/c1-2-3-4-5-6-7-10-18-15-11-14(16)9-8-13(15)12-17/h8-9,11-12H,2-7,10H2,1H3. The second-order valence-electron chi connectivity index (χ2n) is 4.42. The molecule has 0 spiro atoms. The molecule has 0 aliphatic rings. The van der Waals surface area contributed by atoms with E-state index in [-0.39, 0.29) is 0 Å². The van der Waals surface area contributed by atoms with Crippen molar-refractivity contribution in [1.82, 2.24) is 0 Å². The molecular weight excluding hydrogens is 248 g/mol. The maximum atomic E-state index is 10.8. The highest BCUT2D eigenvalue weighted by molar-refractivity contribution is 6.30. The lowest BCUT2D eigenvalue weighted by molar-refractivity contribution is 0.111. The SMILES string of the molecule is CCCCCCCCOc1cc(Cl)ccc1C=O. The van der Waals surface area contributed by atoms with Gasteiger partial charge < -0.3 is 4.74 Å². The number of hydrogen-bond acceptors (Lipinski definition) is 2. The van der Waals surface area contributed by atoms with Crippen LogP contribution in [0.5, 0.6) is 5.75 Å². The van der Waals surface area contributed by atoms with E-state index in [9.17, 15) is 4.79 Å². The van der Waals surface area contributed by atoms with Crippen LogP contribution in [-0.2, 0) is 0 Å². The predicted octanol–water partition coefficient (Wildman–Crippen LogP) is 4.89. The van der Waals surface area contributed by atoms with Crippen LogP contribution >= 0.6 is 11.6 Å². The van der Waals surface area contributed by atoms with Gasteiger partial charge in [0, 0.05) is 5.02 Å². The van der Waals surface area contributed by atoms with Crippen LogP contribution in [0.3, 0.4) is 0 Å². The largest absolute Gasteiger partial charge is 0.493 e. The molecule has 0 N–H and O–H groups in total. The minimum Gasteiger partial charge on any atom is -0.493 e. The first kappa shape index (κ1) is 15.0. The molecule has 0 aliphatic heterocycles. The molecule has 100 valence electrons. The van der Waals surface area contributed by atoms with Crippen molar-refractivity contribution in [3.05, 3.63) is 28.8 Å². The zero-order chi connectivity index (χ0) is 13.2. The van der Waals surface area contributed by atoms with Gasteiger partial charge in [-0.3, -0.25) is 4.79 Å². The molecule has 3 heteroatoms. The third-order valence-electron chi connectivity index (χ3n) is 2.86. The average molecular weight is 269 g/mol. The number of rotatable bonds is 9. The van der Waals surface area contributed by atoms with E-state index >= 15 is 0 Å². The number of hydrogen-bond donors (Lipinski definition) is 0. The van der Waals surface area contributed by atoms with Crippen LogP contribution in [0.1, 0.15) is 55.8 Å². The zero-order valence-electron chi connectivity index (χ0n) is 11.0. The molecule has 0 heterocycles. The Morgan fingerprint density at radius 3 is 2.61 bits per heavy atom. The van der Waals surface area contributed by atoms with Crippen LogP contribution in [0.25, 0.3) is 0 Å². The summed E-state index contributed by atoms with van der Waals surface area (Å²) in [7, 11) is 0. The van der Waals surface area contributed by atoms with Gasteiger partial charge in [0.25, 0.3) is 0 Å². The Hall–Kier alpha value is -1.02. The number of unbranched alkanes of at least 4 members (excludes halogenated alkanes) is 5. The van der Waals surface area contributed by atoms with Crippen molar-refractivity contribution in [1.29, 1.82) is 0 Å². The lowest BCUT2D eigenvalue weighted by Gasteiger charge is -2.08. The number of carbonyl (C=O) groups excluding carboxylic acids is 1. The maximum absolute atomic E-state index is 10.8. The Labute approximate surface area is 114 Å². The van der Waals surface area contributed by atoms with Gasteiger partial charge in [-0.15, -0.1) is 0 Å². The second kappa shape index (κ2) is 8.98. The molecule has 18 heavy (non-hydrogen) atoms. The third-order valence-corrected chi connectivity index (χ3v) is 3.09. The van der Waals surface area contributed by atoms with E-state index < -0.39 is 0 Å². The lowest BCUT2D eigenvalue weighted by atomic mass is 10.1. The Balaban J connectivity index is 2.26. The molecule has 0 saturated heterocycles. The summed E-state index contributed by atoms with van der Waals surface area (Å²) < 4.78 is 5.60. The van der Waals surface area contributed by atoms with Gasteiger partial charge in [-0.05, 0) is 24.6 Å². The number of benzene rings is 1. The summed E-state index contributed by atoms with van der Waals surface area (Å²) in [4.78, 5) is 10.8. The van der Waals surface area contributed by atoms with E-state index in [0.717, 1.165) is 12.7 Å². The monoisotopic (exact) mass is 268 g/mol. The molecule has 0 bridgehead atoms. The number of halogens is 1. The smallest absolute Gasteiger partial charge is 0.153 e. The molecule has 1 rings (SSSR count). The van der Waals surface area contributed by atoms with Crippen molar-refractivity contribution in [3.63, 3.8) is 0 Å². The van der Waals surface area contributed by atoms with Gasteiger partial charge in [-0.25, -0.2) is 0 Å². The van der Waals surface area contributed by atoms with Crippen molar-refractivity contribution in [2.45, 2.75) is 45.4 Å². The van der Waals surface area contributed by atoms with E-state index in [1.54, 1.807) is 18.2 Å². The molecule has 0 aliphatic carbocycles. The lowest BCUT2D eigenvalue weighted by Crippen LogP contribution is -2.00. The molecule has 0 aromatic heterocycles. The molecule has 0 radical (unpaired) electrons. The fraction of sp³-hybridized carbons (Fsp3) is 0.533. The third kappa shape index (κ3) is 5.54. The van der Waals surface area contributed by atoms with Crippen LogP contribution in [0.2, 0.25) is 5.02 Å². The maximum Gasteiger partial charge on any atom is 0.153 e. The van der Waals surface area contributed by atoms with Gasteiger partial charge in [-0.1, -0.05) is 50.6 Å². The quantitative estimate of drug-likeness (QED) is 0.471. The first-order valence-corrected chi connectivity index (χ1v) is 7.03. The van der Waals surface area contributed by atoms with Gasteiger partial charge >= 0.3 is 0 Å². The molecule has 0 amide bonds. The van der Waals surface area contributed by atoms with E-state index in [4.69, 9.17) is 16.3 Å². The predicted molar refractivity (Wildman–Crippen MR) is 75.7 cm³/mol. The number of ether oxygens (including phenoxy) is 1. The number of aldehydes is 1. The fourth-order valence-electron chi connectivity index (χ4n) is 1.80. The topological polar surface area (TPSA) is 26.3 Å². The Morgan fingerprint density at radius 2 is 1.89 bits per heavy atom. The first-order valence-electron chi connectivity index (χ1n) is 6.65. The van der Waals surface area contributed by atoms with Gasteiger partial charge in [0.1, 0.15) is 5.75 Å². The summed E-state index contributed by atoms with van der Waals surface area (Å²) in [5.74, 6) is 0.589. The highest BCUT2D eigenvalue weighted by Gasteiger charge is 2.03. The molecule has 1 aromatic rings. The zero-order valence-corrected chi connectivity index (χ0v) is 11.7. The van der Waals surface area contributed by atoms with Gasteiger partial charge in [0.05, 0.1) is 12.2 Å². The minimum absolute atomic E-state index is 0.561. The first-order chi connectivity index (χ1) is 8.77. The Morgan fingerprint density at radius 1 is 1.17 bits per heavy atom. The summed E-state index contributed by atoms with van der Waals surface area (Å²) >= 11 is 5.88. The molecular formula is C15H21ClO2. The Kier molecular flexibility index (Phi) is 7.51. The summed E-state index contributed by atoms with van der Waals surface area (Å²) in [6, 6.07) is 5.08. The van der Waals surface area contributed by atoms with Crippen molar-refractivity contribution in [3.8, 4) is 5.75 Å². The summed E-state index contributed by atoms with van der Waals surface area (Å²) in [6.45, 7) is 2.86. The summed E-state index contributed by atoms with van der Waals surface area (Å²) in [6.07, 6.45) is 8.13. The summed E-state index contributed by atoms with van der Waals surface area (Å²) in [5.41, 5.74) is 0.561. The highest BCUT2D eigenvalue weighted by Crippen LogP contribution is 2.22. The van der Waals surface area contributed by atoms with Crippen LogP contribution in [0, 0.1) is 0 Å². The molecule has 0 unspecified atom stereocenters. The molecule has 0 atom stereocenters. The molecule has 1 aromatic carbocycles. The van der Waals surface area contributed by atoms with Gasteiger partial charge in [0.2, 0.25) is 0 Å². The van der Waals surface area contributed by atoms with Crippen LogP contribution in [0.4, 0.5) is 0 Å². The van der Waals surface area contributed by atoms with E-state index in [1.165, 1.54) is 32.1 Å². The van der Waals surface area contributed by atoms with E-state index in [0.29, 0.717) is 22.9 Å². The van der Waals surface area contributed by atoms with Crippen molar-refractivity contribution in [2.24, 2.45) is 0 Å². The molecule has 0 saturated carbocycles. The van der Waals surface area contributed by atoms with E-state index in [2.05, 4.69) is 6.92 Å².